The number of hydrogen-bond donors (Lipinski definition) is 0. The van der Waals surface area contributed by atoms with Crippen molar-refractivity contribution in [1.29, 1.82) is 0 Å². The zero-order valence-corrected chi connectivity index (χ0v) is 30.7. The minimum absolute atomic E-state index is 0.243. The number of para-hydroxylation sites is 8. The molecule has 6 aromatic rings. The quantitative estimate of drug-likeness (QED) is 0.0691. The SMILES string of the molecule is COc1ccccc1OP(Oc1ccccc1OC)Oc1cccc2c1Oc1c(cccc1OP(Oc1ccccc1C=O)Oc1ccccc1C=O)C2. The smallest absolute Gasteiger partial charge is 0.493 e. The number of rotatable bonds is 16. The molecule has 0 saturated heterocycles. The van der Waals surface area contributed by atoms with Gasteiger partial charge in [-0.15, -0.1) is 0 Å². The average Bonchev–Trinajstić information content (AvgIpc) is 3.21. The lowest BCUT2D eigenvalue weighted by molar-refractivity contribution is 0.111. The van der Waals surface area contributed by atoms with E-state index in [1.165, 1.54) is 0 Å². The number of benzene rings is 6. The molecule has 0 aliphatic carbocycles. The number of methoxy groups -OCH3 is 2. The Kier molecular flexibility index (Phi) is 11.4. The molecule has 0 aromatic heterocycles. The molecule has 0 bridgehead atoms. The maximum absolute atomic E-state index is 11.8. The van der Waals surface area contributed by atoms with E-state index in [0.29, 0.717) is 76.1 Å². The van der Waals surface area contributed by atoms with Crippen molar-refractivity contribution >= 4 is 29.8 Å². The van der Waals surface area contributed by atoms with Crippen LogP contribution >= 0.6 is 17.2 Å². The van der Waals surface area contributed by atoms with Crippen LogP contribution in [0, 0.1) is 0 Å². The second kappa shape index (κ2) is 17.0. The first kappa shape index (κ1) is 36.1. The first-order valence-electron chi connectivity index (χ1n) is 16.5. The van der Waals surface area contributed by atoms with Crippen molar-refractivity contribution in [1.82, 2.24) is 0 Å². The van der Waals surface area contributed by atoms with E-state index in [0.717, 1.165) is 11.1 Å². The van der Waals surface area contributed by atoms with Crippen LogP contribution in [0.4, 0.5) is 0 Å². The molecule has 11 nitrogen and oxygen atoms in total. The van der Waals surface area contributed by atoms with Gasteiger partial charge in [0.05, 0.1) is 25.3 Å². The Morgan fingerprint density at radius 2 is 0.759 bits per heavy atom. The van der Waals surface area contributed by atoms with Crippen LogP contribution in [0.25, 0.3) is 0 Å². The summed E-state index contributed by atoms with van der Waals surface area (Å²) in [6, 6.07) is 38.8. The molecule has 272 valence electrons. The maximum Gasteiger partial charge on any atom is 0.530 e. The molecule has 0 radical (unpaired) electrons. The van der Waals surface area contributed by atoms with Crippen LogP contribution in [0.2, 0.25) is 0 Å². The molecule has 6 aromatic carbocycles. The third-order valence-corrected chi connectivity index (χ3v) is 10.0. The summed E-state index contributed by atoms with van der Waals surface area (Å²) in [5.74, 6) is 3.75. The van der Waals surface area contributed by atoms with Crippen LogP contribution in [-0.4, -0.2) is 26.8 Å². The van der Waals surface area contributed by atoms with Crippen molar-refractivity contribution in [2.45, 2.75) is 6.42 Å². The fraction of sp³-hybridized carbons (Fsp3) is 0.0732. The largest absolute Gasteiger partial charge is 0.530 e. The number of aldehydes is 2. The van der Waals surface area contributed by atoms with Gasteiger partial charge in [-0.3, -0.25) is 9.59 Å². The van der Waals surface area contributed by atoms with Gasteiger partial charge in [0.1, 0.15) is 11.5 Å². The highest BCUT2D eigenvalue weighted by Gasteiger charge is 2.31. The van der Waals surface area contributed by atoms with Gasteiger partial charge in [0.25, 0.3) is 0 Å². The highest BCUT2D eigenvalue weighted by atomic mass is 31.2. The number of carbonyl (C=O) groups excluding carboxylic acids is 2. The first-order valence-corrected chi connectivity index (χ1v) is 18.7. The van der Waals surface area contributed by atoms with E-state index in [-0.39, 0.29) is 11.5 Å². The Hall–Kier alpha value is -6.28. The molecule has 1 aliphatic rings. The van der Waals surface area contributed by atoms with Crippen molar-refractivity contribution in [3.05, 3.63) is 156 Å². The Labute approximate surface area is 313 Å². The van der Waals surface area contributed by atoms with Crippen LogP contribution in [0.3, 0.4) is 0 Å². The van der Waals surface area contributed by atoms with Gasteiger partial charge in [-0.1, -0.05) is 72.8 Å². The van der Waals surface area contributed by atoms with E-state index in [4.69, 9.17) is 41.4 Å². The van der Waals surface area contributed by atoms with Crippen molar-refractivity contribution in [2.24, 2.45) is 0 Å². The minimum Gasteiger partial charge on any atom is -0.493 e. The lowest BCUT2D eigenvalue weighted by Gasteiger charge is -2.26. The van der Waals surface area contributed by atoms with Gasteiger partial charge in [-0.2, -0.15) is 0 Å². The lowest BCUT2D eigenvalue weighted by atomic mass is 10.00. The average molecular weight is 763 g/mol. The van der Waals surface area contributed by atoms with Crippen molar-refractivity contribution < 1.29 is 50.9 Å². The zero-order valence-electron chi connectivity index (χ0n) is 28.9. The van der Waals surface area contributed by atoms with Crippen molar-refractivity contribution in [3.63, 3.8) is 0 Å². The summed E-state index contributed by atoms with van der Waals surface area (Å²) in [7, 11) is -1.36. The number of carbonyl (C=O) groups is 2. The van der Waals surface area contributed by atoms with Crippen molar-refractivity contribution in [3.8, 4) is 57.5 Å². The van der Waals surface area contributed by atoms with E-state index in [1.807, 2.05) is 48.5 Å². The Bertz CT molecular complexity index is 2160. The van der Waals surface area contributed by atoms with Crippen molar-refractivity contribution in [2.75, 3.05) is 14.2 Å². The summed E-state index contributed by atoms with van der Waals surface area (Å²) >= 11 is 0. The van der Waals surface area contributed by atoms with Crippen LogP contribution < -0.4 is 41.4 Å². The topological polar surface area (TPSA) is 117 Å². The van der Waals surface area contributed by atoms with Gasteiger partial charge in [0.15, 0.2) is 58.6 Å². The predicted octanol–water partition coefficient (Wildman–Crippen LogP) is 10.6. The van der Waals surface area contributed by atoms with E-state index in [9.17, 15) is 9.59 Å². The first-order chi connectivity index (χ1) is 26.6. The molecule has 54 heavy (non-hydrogen) atoms. The van der Waals surface area contributed by atoms with Gasteiger partial charge in [0, 0.05) is 17.5 Å². The normalized spacial score (nSPS) is 11.3. The monoisotopic (exact) mass is 762 g/mol. The summed E-state index contributed by atoms with van der Waals surface area (Å²) in [6.07, 6.45) is 1.83. The molecule has 0 N–H and O–H groups in total. The molecule has 13 heteroatoms. The molecule has 1 heterocycles. The second-order valence-corrected chi connectivity index (χ2v) is 13.4. The molecule has 0 fully saturated rings. The number of ether oxygens (including phenoxy) is 3. The lowest BCUT2D eigenvalue weighted by Crippen LogP contribution is -2.09. The Balaban J connectivity index is 1.21. The Morgan fingerprint density at radius 1 is 0.426 bits per heavy atom. The summed E-state index contributed by atoms with van der Waals surface area (Å²) in [5.41, 5.74) is 2.26. The fourth-order valence-corrected chi connectivity index (χ4v) is 7.50. The van der Waals surface area contributed by atoms with Gasteiger partial charge >= 0.3 is 17.2 Å². The summed E-state index contributed by atoms with van der Waals surface area (Å²) < 4.78 is 55.5. The summed E-state index contributed by atoms with van der Waals surface area (Å²) in [5, 5.41) is 0. The predicted molar refractivity (Wildman–Crippen MR) is 203 cm³/mol. The summed E-state index contributed by atoms with van der Waals surface area (Å²) in [4.78, 5) is 23.7. The van der Waals surface area contributed by atoms with E-state index in [1.54, 1.807) is 99.1 Å². The van der Waals surface area contributed by atoms with Gasteiger partial charge in [-0.25, -0.2) is 0 Å². The second-order valence-electron chi connectivity index (χ2n) is 11.4. The van der Waals surface area contributed by atoms with E-state index in [2.05, 4.69) is 0 Å². The van der Waals surface area contributed by atoms with Crippen LogP contribution in [0.15, 0.2) is 133 Å². The van der Waals surface area contributed by atoms with Gasteiger partial charge < -0.3 is 41.4 Å². The van der Waals surface area contributed by atoms with Crippen LogP contribution in [0.1, 0.15) is 31.8 Å². The molecule has 7 rings (SSSR count). The standard InChI is InChI=1S/C41H32O11P2/c1-44-34-19-7-9-21-36(34)49-54(50-37-22-10-8-20-35(37)45-2)52-39-24-12-16-29-25-28-15-11-23-38(40(28)46-41(29)39)51-53(47-32-17-5-3-13-30(32)26-42)48-33-18-6-4-14-31(33)27-43/h3-24,26-27H,25H2,1-2H3. The summed E-state index contributed by atoms with van der Waals surface area (Å²) in [6.45, 7) is 0. The van der Waals surface area contributed by atoms with Crippen LogP contribution in [-0.2, 0) is 6.42 Å². The molecule has 0 spiro atoms. The van der Waals surface area contributed by atoms with Gasteiger partial charge in [0.2, 0.25) is 0 Å². The molecule has 0 unspecified atom stereocenters. The number of fused-ring (bicyclic) bond motifs is 2. The van der Waals surface area contributed by atoms with Crippen LogP contribution in [0.5, 0.6) is 57.5 Å². The third-order valence-electron chi connectivity index (χ3n) is 7.97. The van der Waals surface area contributed by atoms with E-state index < -0.39 is 17.2 Å². The molecule has 1 aliphatic heterocycles. The highest BCUT2D eigenvalue weighted by Crippen LogP contribution is 2.54. The maximum atomic E-state index is 11.8. The number of hydrogen-bond acceptors (Lipinski definition) is 11. The highest BCUT2D eigenvalue weighted by molar-refractivity contribution is 7.43. The molecule has 0 saturated carbocycles. The Morgan fingerprint density at radius 3 is 1.17 bits per heavy atom. The minimum atomic E-state index is -2.29. The molecular weight excluding hydrogens is 730 g/mol. The molecular formula is C41H32O11P2. The van der Waals surface area contributed by atoms with Gasteiger partial charge in [-0.05, 0) is 60.7 Å². The zero-order chi connectivity index (χ0) is 37.3. The molecule has 0 atom stereocenters. The fourth-order valence-electron chi connectivity index (χ4n) is 5.39. The molecule has 0 amide bonds. The van der Waals surface area contributed by atoms with E-state index >= 15 is 0 Å². The third kappa shape index (κ3) is 8.18.